The molecule has 2 bridgehead atoms. The van der Waals surface area contributed by atoms with E-state index in [-0.39, 0.29) is 17.9 Å². The van der Waals surface area contributed by atoms with Gasteiger partial charge in [-0.25, -0.2) is 4.79 Å². The number of esters is 3. The van der Waals surface area contributed by atoms with E-state index in [1.807, 2.05) is 37.1 Å². The third-order valence-electron chi connectivity index (χ3n) is 14.8. The lowest BCUT2D eigenvalue weighted by Crippen LogP contribution is -2.81. The van der Waals surface area contributed by atoms with Crippen LogP contribution in [0.4, 0.5) is 5.69 Å². The summed E-state index contributed by atoms with van der Waals surface area (Å²) >= 11 is 0. The van der Waals surface area contributed by atoms with Gasteiger partial charge in [-0.3, -0.25) is 19.4 Å². The zero-order valence-electron chi connectivity index (χ0n) is 34.0. The van der Waals surface area contributed by atoms with Crippen molar-refractivity contribution in [3.05, 3.63) is 82.6 Å². The number of aliphatic hydroxyl groups is 1. The molecule has 5 aliphatic heterocycles. The number of nitrogens with zero attached hydrogens (tertiary/aromatic N) is 3. The van der Waals surface area contributed by atoms with Crippen molar-refractivity contribution in [3.63, 3.8) is 0 Å². The largest absolute Gasteiger partial charge is 0.496 e. The Labute approximate surface area is 333 Å². The molecule has 1 aliphatic carbocycles. The molecule has 1 saturated heterocycles. The maximum Gasteiger partial charge on any atom is 0.344 e. The summed E-state index contributed by atoms with van der Waals surface area (Å²) in [6.07, 6.45) is 7.67. The van der Waals surface area contributed by atoms with Gasteiger partial charge in [-0.05, 0) is 61.4 Å². The van der Waals surface area contributed by atoms with Crippen molar-refractivity contribution in [1.82, 2.24) is 14.8 Å². The molecule has 1 aromatic heterocycles. The fourth-order valence-electron chi connectivity index (χ4n) is 12.8. The molecule has 6 aliphatic rings. The van der Waals surface area contributed by atoms with Gasteiger partial charge in [0.05, 0.1) is 27.4 Å². The predicted molar refractivity (Wildman–Crippen MR) is 214 cm³/mol. The number of ether oxygens (including phenoxy) is 4. The van der Waals surface area contributed by atoms with Crippen molar-refractivity contribution in [1.29, 1.82) is 0 Å². The van der Waals surface area contributed by atoms with Gasteiger partial charge in [0.2, 0.25) is 5.60 Å². The number of nitrogens with one attached hydrogen (secondary N) is 1. The van der Waals surface area contributed by atoms with Gasteiger partial charge >= 0.3 is 17.9 Å². The van der Waals surface area contributed by atoms with Crippen molar-refractivity contribution in [3.8, 4) is 5.75 Å². The Hall–Kier alpha value is -4.65. The second-order valence-electron chi connectivity index (χ2n) is 17.2. The molecule has 9 atom stereocenters. The summed E-state index contributed by atoms with van der Waals surface area (Å²) in [5.41, 5.74) is 1.05. The Morgan fingerprint density at radius 2 is 1.77 bits per heavy atom. The van der Waals surface area contributed by atoms with E-state index in [4.69, 9.17) is 18.9 Å². The van der Waals surface area contributed by atoms with Crippen molar-refractivity contribution in [2.75, 3.05) is 59.5 Å². The lowest BCUT2D eigenvalue weighted by Gasteiger charge is -2.63. The lowest BCUT2D eigenvalue weighted by atomic mass is 9.47. The average Bonchev–Trinajstić information content (AvgIpc) is 3.87. The minimum atomic E-state index is -2.27. The van der Waals surface area contributed by atoms with E-state index in [0.717, 1.165) is 52.9 Å². The maximum atomic E-state index is 15.2. The first-order valence-corrected chi connectivity index (χ1v) is 20.3. The van der Waals surface area contributed by atoms with E-state index in [1.54, 1.807) is 7.11 Å². The van der Waals surface area contributed by atoms with Gasteiger partial charge in [0, 0.05) is 90.9 Å². The van der Waals surface area contributed by atoms with Crippen molar-refractivity contribution in [2.45, 2.75) is 87.6 Å². The van der Waals surface area contributed by atoms with Crippen LogP contribution < -0.4 is 9.64 Å². The number of H-pyrrole nitrogens is 1. The van der Waals surface area contributed by atoms with Crippen LogP contribution in [-0.4, -0.2) is 116 Å². The normalized spacial score (nSPS) is 34.9. The summed E-state index contributed by atoms with van der Waals surface area (Å²) in [6.45, 7) is 9.19. The van der Waals surface area contributed by atoms with Gasteiger partial charge in [0.1, 0.15) is 11.2 Å². The molecule has 12 nitrogen and oxygen atoms in total. The Balaban J connectivity index is 1.37. The molecule has 57 heavy (non-hydrogen) atoms. The quantitative estimate of drug-likeness (QED) is 0.196. The highest BCUT2D eigenvalue weighted by Crippen LogP contribution is 2.68. The first-order valence-electron chi connectivity index (χ1n) is 20.3. The number of likely N-dealkylation sites (N-methyl/N-ethyl adjacent to an activating group) is 1. The molecule has 3 aromatic rings. The van der Waals surface area contributed by atoms with Crippen LogP contribution in [0.15, 0.2) is 60.2 Å². The van der Waals surface area contributed by atoms with E-state index in [2.05, 4.69) is 58.1 Å². The first-order chi connectivity index (χ1) is 27.4. The van der Waals surface area contributed by atoms with E-state index >= 15 is 4.79 Å². The van der Waals surface area contributed by atoms with Crippen LogP contribution in [0.1, 0.15) is 68.8 Å². The number of carbonyl (C=O) groups excluding carboxylic acids is 3. The number of aromatic amines is 1. The maximum absolute atomic E-state index is 15.2. The zero-order chi connectivity index (χ0) is 40.2. The van der Waals surface area contributed by atoms with Crippen LogP contribution in [0.2, 0.25) is 0 Å². The Morgan fingerprint density at radius 3 is 2.47 bits per heavy atom. The summed E-state index contributed by atoms with van der Waals surface area (Å²) in [5.74, 6) is -1.31. The Kier molecular flexibility index (Phi) is 8.77. The molecule has 2 aromatic carbocycles. The average molecular weight is 779 g/mol. The van der Waals surface area contributed by atoms with E-state index in [0.29, 0.717) is 50.2 Å². The number of hydrogen-bond donors (Lipinski definition) is 2. The summed E-state index contributed by atoms with van der Waals surface area (Å²) in [6, 6.07) is 11.2. The van der Waals surface area contributed by atoms with Crippen molar-refractivity contribution in [2.24, 2.45) is 11.3 Å². The van der Waals surface area contributed by atoms with Crippen LogP contribution in [0.3, 0.4) is 0 Å². The van der Waals surface area contributed by atoms with Crippen LogP contribution in [0.5, 0.6) is 5.75 Å². The molecule has 0 radical (unpaired) electrons. The molecular formula is C45H54N4O8. The number of fused-ring (bicyclic) bond motifs is 6. The molecule has 12 heteroatoms. The van der Waals surface area contributed by atoms with Gasteiger partial charge < -0.3 is 33.9 Å². The molecule has 6 heterocycles. The monoisotopic (exact) mass is 778 g/mol. The molecule has 0 amide bonds. The minimum Gasteiger partial charge on any atom is -0.496 e. The van der Waals surface area contributed by atoms with Crippen LogP contribution in [0.25, 0.3) is 10.9 Å². The Bertz CT molecular complexity index is 2250. The SMILES string of the molecule is CCC1=C[C@@H]2CN(C1)Cc1c([nH]c3ccccc13)[C@@](C(=O)OC)(c1cc3c(cc1OC)N(C)[C@H]1C(O)(C(=O)OC)[C@H](OC(C)=O)[C@]4(CC)C=CCN5CCC31[C@@H]54)C2. The van der Waals surface area contributed by atoms with E-state index in [9.17, 15) is 14.7 Å². The summed E-state index contributed by atoms with van der Waals surface area (Å²) in [4.78, 5) is 53.1. The van der Waals surface area contributed by atoms with Gasteiger partial charge in [0.25, 0.3) is 0 Å². The number of aromatic nitrogens is 1. The number of rotatable bonds is 7. The number of carbonyl (C=O) groups is 3. The third-order valence-corrected chi connectivity index (χ3v) is 14.8. The molecule has 302 valence electrons. The third kappa shape index (κ3) is 4.80. The highest BCUT2D eigenvalue weighted by Gasteiger charge is 2.80. The van der Waals surface area contributed by atoms with Gasteiger partial charge in [-0.15, -0.1) is 0 Å². The van der Waals surface area contributed by atoms with Crippen LogP contribution in [-0.2, 0) is 46.0 Å². The lowest BCUT2D eigenvalue weighted by molar-refractivity contribution is -0.228. The van der Waals surface area contributed by atoms with E-state index < -0.39 is 45.9 Å². The molecule has 9 rings (SSSR count). The molecular weight excluding hydrogens is 725 g/mol. The molecule has 2 fully saturated rings. The molecule has 3 unspecified atom stereocenters. The Morgan fingerprint density at radius 1 is 1.00 bits per heavy atom. The second kappa shape index (κ2) is 13.2. The van der Waals surface area contributed by atoms with Gasteiger partial charge in [-0.1, -0.05) is 55.8 Å². The fraction of sp³-hybridized carbons (Fsp3) is 0.533. The standard InChI is InChI=1S/C45H54N4O8/c1-8-27-19-28-22-44(40(51)55-6,36-30(25-48(23-27)24-28)29-13-10-11-14-33(29)46-36)32-20-31-34(21-35(32)54-5)47(4)38-43(31)16-18-49-17-12-15-42(9-2,37(43)49)39(57-26(3)50)45(38,53)41(52)56-7/h10-15,19-21,28,37-39,46,53H,8-9,16-18,22-25H2,1-7H3/t28-,37-,38+,39+,42+,43?,44-,45?/m0/s1. The summed E-state index contributed by atoms with van der Waals surface area (Å²) in [5, 5.41) is 14.4. The predicted octanol–water partition coefficient (Wildman–Crippen LogP) is 4.75. The first kappa shape index (κ1) is 37.9. The number of para-hydroxylation sites is 1. The van der Waals surface area contributed by atoms with Crippen LogP contribution in [0, 0.1) is 11.3 Å². The minimum absolute atomic E-state index is 0.0284. The second-order valence-corrected chi connectivity index (χ2v) is 17.2. The summed E-state index contributed by atoms with van der Waals surface area (Å²) < 4.78 is 23.9. The number of benzene rings is 2. The molecule has 2 N–H and O–H groups in total. The molecule has 1 spiro atoms. The summed E-state index contributed by atoms with van der Waals surface area (Å²) in [7, 11) is 6.22. The zero-order valence-corrected chi connectivity index (χ0v) is 34.0. The van der Waals surface area contributed by atoms with E-state index in [1.165, 1.54) is 26.7 Å². The molecule has 1 saturated carbocycles. The van der Waals surface area contributed by atoms with Crippen molar-refractivity contribution < 1.29 is 38.4 Å². The smallest absolute Gasteiger partial charge is 0.344 e. The topological polar surface area (TPSA) is 134 Å². The van der Waals surface area contributed by atoms with Crippen LogP contribution >= 0.6 is 0 Å². The van der Waals surface area contributed by atoms with Gasteiger partial charge in [0.15, 0.2) is 6.10 Å². The number of anilines is 1. The van der Waals surface area contributed by atoms with Gasteiger partial charge in [-0.2, -0.15) is 0 Å². The van der Waals surface area contributed by atoms with Crippen molar-refractivity contribution >= 4 is 34.5 Å². The number of hydrogen-bond acceptors (Lipinski definition) is 11. The fourth-order valence-corrected chi connectivity index (χ4v) is 12.8. The highest BCUT2D eigenvalue weighted by molar-refractivity contribution is 5.95. The number of methoxy groups -OCH3 is 3. The highest BCUT2D eigenvalue weighted by atomic mass is 16.6.